The Kier molecular flexibility index (Phi) is 1.98. The molecule has 1 nitrogen and oxygen atoms in total. The molecular weight excluding hydrogens is 167 g/mol. The molecule has 2 rings (SSSR count). The van der Waals surface area contributed by atoms with E-state index in [-0.39, 0.29) is 0 Å². The maximum Gasteiger partial charge on any atom is 0.119 e. The lowest BCUT2D eigenvalue weighted by Crippen LogP contribution is -2.04. The summed E-state index contributed by atoms with van der Waals surface area (Å²) in [5.74, 6) is 0.807. The lowest BCUT2D eigenvalue weighted by Gasteiger charge is -2.06. The van der Waals surface area contributed by atoms with Gasteiger partial charge in [-0.1, -0.05) is 12.1 Å². The van der Waals surface area contributed by atoms with E-state index in [9.17, 15) is 4.39 Å². The minimum Gasteiger partial charge on any atom is -0.497 e. The molecule has 0 unspecified atom stereocenters. The first-order chi connectivity index (χ1) is 6.22. The lowest BCUT2D eigenvalue weighted by molar-refractivity contribution is 0.307. The Hall–Kier alpha value is -1.05. The molecule has 1 aromatic rings. The Bertz CT molecular complexity index is 305. The third kappa shape index (κ3) is 2.00. The summed E-state index contributed by atoms with van der Waals surface area (Å²) < 4.78 is 18.4. The van der Waals surface area contributed by atoms with Crippen molar-refractivity contribution < 1.29 is 9.13 Å². The molecule has 0 aromatic heterocycles. The number of halogens is 1. The molecule has 1 aliphatic rings. The maximum absolute atomic E-state index is 13.4. The van der Waals surface area contributed by atoms with Gasteiger partial charge in [0.25, 0.3) is 0 Å². The van der Waals surface area contributed by atoms with E-state index in [0.29, 0.717) is 19.3 Å². The monoisotopic (exact) mass is 180 g/mol. The van der Waals surface area contributed by atoms with E-state index in [0.717, 1.165) is 11.3 Å². The summed E-state index contributed by atoms with van der Waals surface area (Å²) in [6.45, 7) is 0. The smallest absolute Gasteiger partial charge is 0.119 e. The average Bonchev–Trinajstić information content (AvgIpc) is 2.84. The van der Waals surface area contributed by atoms with Crippen molar-refractivity contribution in [1.29, 1.82) is 0 Å². The van der Waals surface area contributed by atoms with Gasteiger partial charge < -0.3 is 4.74 Å². The Morgan fingerprint density at radius 1 is 1.46 bits per heavy atom. The predicted molar refractivity (Wildman–Crippen MR) is 49.8 cm³/mol. The van der Waals surface area contributed by atoms with Gasteiger partial charge in [-0.3, -0.25) is 0 Å². The van der Waals surface area contributed by atoms with Gasteiger partial charge in [0.05, 0.1) is 7.11 Å². The van der Waals surface area contributed by atoms with Crippen molar-refractivity contribution in [3.8, 4) is 5.75 Å². The lowest BCUT2D eigenvalue weighted by atomic mass is 10.1. The van der Waals surface area contributed by atoms with Gasteiger partial charge in [-0.25, -0.2) is 4.39 Å². The highest BCUT2D eigenvalue weighted by molar-refractivity contribution is 5.30. The molecule has 1 aliphatic carbocycles. The van der Waals surface area contributed by atoms with Crippen molar-refractivity contribution in [1.82, 2.24) is 0 Å². The summed E-state index contributed by atoms with van der Waals surface area (Å²) in [5.41, 5.74) is 0.117. The summed E-state index contributed by atoms with van der Waals surface area (Å²) in [7, 11) is 1.63. The molecule has 0 saturated heterocycles. The number of benzene rings is 1. The number of hydrogen-bond donors (Lipinski definition) is 0. The van der Waals surface area contributed by atoms with Gasteiger partial charge in [0, 0.05) is 6.42 Å². The van der Waals surface area contributed by atoms with Crippen LogP contribution in [0.15, 0.2) is 24.3 Å². The Morgan fingerprint density at radius 2 is 2.23 bits per heavy atom. The second kappa shape index (κ2) is 3.02. The standard InChI is InChI=1S/C11H13FO/c1-13-10-4-2-3-9(7-10)8-11(12)5-6-11/h2-4,7H,5-6,8H2,1H3. The molecule has 0 spiro atoms. The van der Waals surface area contributed by atoms with Crippen LogP contribution in [0.3, 0.4) is 0 Å². The van der Waals surface area contributed by atoms with Crippen LogP contribution in [0.1, 0.15) is 18.4 Å². The summed E-state index contributed by atoms with van der Waals surface area (Å²) >= 11 is 0. The minimum atomic E-state index is -0.910. The van der Waals surface area contributed by atoms with Crippen LogP contribution in [-0.2, 0) is 6.42 Å². The highest BCUT2D eigenvalue weighted by Crippen LogP contribution is 2.42. The van der Waals surface area contributed by atoms with E-state index < -0.39 is 5.67 Å². The molecule has 0 heterocycles. The molecule has 0 amide bonds. The van der Waals surface area contributed by atoms with E-state index in [2.05, 4.69) is 0 Å². The SMILES string of the molecule is COc1cccc(CC2(F)CC2)c1. The van der Waals surface area contributed by atoms with Crippen molar-refractivity contribution in [2.45, 2.75) is 24.9 Å². The van der Waals surface area contributed by atoms with Crippen molar-refractivity contribution in [3.63, 3.8) is 0 Å². The van der Waals surface area contributed by atoms with Crippen LogP contribution in [0.4, 0.5) is 4.39 Å². The largest absolute Gasteiger partial charge is 0.497 e. The summed E-state index contributed by atoms with van der Waals surface area (Å²) in [4.78, 5) is 0. The Balaban J connectivity index is 2.11. The predicted octanol–water partition coefficient (Wildman–Crippen LogP) is 2.74. The van der Waals surface area contributed by atoms with E-state index in [1.165, 1.54) is 0 Å². The van der Waals surface area contributed by atoms with E-state index in [1.54, 1.807) is 7.11 Å². The molecule has 70 valence electrons. The third-order valence-electron chi connectivity index (χ3n) is 2.45. The molecule has 0 N–H and O–H groups in total. The second-order valence-electron chi connectivity index (χ2n) is 3.68. The molecule has 13 heavy (non-hydrogen) atoms. The summed E-state index contributed by atoms with van der Waals surface area (Å²) in [6.07, 6.45) is 1.96. The average molecular weight is 180 g/mol. The molecule has 0 bridgehead atoms. The van der Waals surface area contributed by atoms with Gasteiger partial charge in [-0.05, 0) is 30.5 Å². The quantitative estimate of drug-likeness (QED) is 0.695. The second-order valence-corrected chi connectivity index (χ2v) is 3.68. The highest BCUT2D eigenvalue weighted by Gasteiger charge is 2.42. The van der Waals surface area contributed by atoms with Gasteiger partial charge in [0.1, 0.15) is 11.4 Å². The molecule has 0 aliphatic heterocycles. The van der Waals surface area contributed by atoms with Crippen molar-refractivity contribution in [2.24, 2.45) is 0 Å². The molecule has 0 radical (unpaired) electrons. The molecule has 1 fully saturated rings. The van der Waals surface area contributed by atoms with Gasteiger partial charge in [-0.15, -0.1) is 0 Å². The van der Waals surface area contributed by atoms with E-state index >= 15 is 0 Å². The van der Waals surface area contributed by atoms with E-state index in [4.69, 9.17) is 4.74 Å². The number of methoxy groups -OCH3 is 1. The first-order valence-corrected chi connectivity index (χ1v) is 4.54. The van der Waals surface area contributed by atoms with Gasteiger partial charge in [0.15, 0.2) is 0 Å². The van der Waals surface area contributed by atoms with Gasteiger partial charge in [-0.2, -0.15) is 0 Å². The van der Waals surface area contributed by atoms with Gasteiger partial charge >= 0.3 is 0 Å². The van der Waals surface area contributed by atoms with Crippen LogP contribution in [0, 0.1) is 0 Å². The first-order valence-electron chi connectivity index (χ1n) is 4.54. The van der Waals surface area contributed by atoms with Crippen molar-refractivity contribution in [3.05, 3.63) is 29.8 Å². The normalized spacial score (nSPS) is 18.3. The highest BCUT2D eigenvalue weighted by atomic mass is 19.1. The van der Waals surface area contributed by atoms with Crippen LogP contribution in [0.5, 0.6) is 5.75 Å². The number of alkyl halides is 1. The van der Waals surface area contributed by atoms with Crippen LogP contribution >= 0.6 is 0 Å². The summed E-state index contributed by atoms with van der Waals surface area (Å²) in [6, 6.07) is 7.63. The molecule has 0 atom stereocenters. The molecule has 1 saturated carbocycles. The zero-order valence-electron chi connectivity index (χ0n) is 7.72. The fourth-order valence-corrected chi connectivity index (χ4v) is 1.46. The molecular formula is C11H13FO. The van der Waals surface area contributed by atoms with Crippen LogP contribution < -0.4 is 4.74 Å². The third-order valence-corrected chi connectivity index (χ3v) is 2.45. The van der Waals surface area contributed by atoms with Crippen molar-refractivity contribution >= 4 is 0 Å². The van der Waals surface area contributed by atoms with Crippen LogP contribution in [-0.4, -0.2) is 12.8 Å². The molecule has 1 aromatic carbocycles. The number of ether oxygens (including phenoxy) is 1. The Labute approximate surface area is 77.5 Å². The van der Waals surface area contributed by atoms with E-state index in [1.807, 2.05) is 24.3 Å². The van der Waals surface area contributed by atoms with Crippen LogP contribution in [0.25, 0.3) is 0 Å². The minimum absolute atomic E-state index is 0.532. The van der Waals surface area contributed by atoms with Crippen LogP contribution in [0.2, 0.25) is 0 Å². The first kappa shape index (κ1) is 8.54. The fourth-order valence-electron chi connectivity index (χ4n) is 1.46. The molecule has 2 heteroatoms. The van der Waals surface area contributed by atoms with Crippen molar-refractivity contribution in [2.75, 3.05) is 7.11 Å². The summed E-state index contributed by atoms with van der Waals surface area (Å²) in [5, 5.41) is 0. The zero-order valence-corrected chi connectivity index (χ0v) is 7.72. The Morgan fingerprint density at radius 3 is 2.85 bits per heavy atom. The maximum atomic E-state index is 13.4. The topological polar surface area (TPSA) is 9.23 Å². The van der Waals surface area contributed by atoms with Gasteiger partial charge in [0.2, 0.25) is 0 Å². The number of hydrogen-bond acceptors (Lipinski definition) is 1. The fraction of sp³-hybridized carbons (Fsp3) is 0.455. The zero-order chi connectivity index (χ0) is 9.31. The number of rotatable bonds is 3.